The molecule has 158 valence electrons. The lowest BCUT2D eigenvalue weighted by Gasteiger charge is -2.39. The van der Waals surface area contributed by atoms with Crippen molar-refractivity contribution < 1.29 is 14.3 Å². The van der Waals surface area contributed by atoms with E-state index >= 15 is 0 Å². The third kappa shape index (κ3) is 3.74. The molecule has 2 heterocycles. The number of piperidine rings is 1. The first-order valence-electron chi connectivity index (χ1n) is 10.7. The summed E-state index contributed by atoms with van der Waals surface area (Å²) < 4.78 is 5.13. The molecule has 0 spiro atoms. The number of nitrogens with one attached hydrogen (secondary N) is 1. The lowest BCUT2D eigenvalue weighted by atomic mass is 10.0. The summed E-state index contributed by atoms with van der Waals surface area (Å²) in [6.45, 7) is 7.57. The number of benzene rings is 2. The van der Waals surface area contributed by atoms with Crippen molar-refractivity contribution >= 4 is 17.7 Å². The predicted molar refractivity (Wildman–Crippen MR) is 117 cm³/mol. The summed E-state index contributed by atoms with van der Waals surface area (Å²) >= 11 is 0. The minimum Gasteiger partial charge on any atom is -0.450 e. The van der Waals surface area contributed by atoms with Crippen LogP contribution in [-0.4, -0.2) is 47.5 Å². The first kappa shape index (κ1) is 20.3. The Morgan fingerprint density at radius 1 is 1.10 bits per heavy atom. The van der Waals surface area contributed by atoms with Crippen LogP contribution in [0, 0.1) is 13.8 Å². The fourth-order valence-electron chi connectivity index (χ4n) is 4.39. The molecule has 2 amide bonds. The van der Waals surface area contributed by atoms with Crippen molar-refractivity contribution in [2.24, 2.45) is 0 Å². The number of rotatable bonds is 4. The lowest BCUT2D eigenvalue weighted by molar-refractivity contribution is 0.0496. The van der Waals surface area contributed by atoms with Crippen molar-refractivity contribution in [3.63, 3.8) is 0 Å². The summed E-state index contributed by atoms with van der Waals surface area (Å²) in [5, 5.41) is 3.60. The standard InChI is InChI=1S/C24H29N3O3/c1-4-30-24(29)26-13-11-19(12-14-26)27-22(20-7-5-6-8-21(20)23(27)28)25-18-10-9-16(2)17(3)15-18/h5-10,15,19,22,25H,4,11-14H2,1-3H3. The third-order valence-electron chi connectivity index (χ3n) is 6.19. The topological polar surface area (TPSA) is 61.9 Å². The summed E-state index contributed by atoms with van der Waals surface area (Å²) in [6, 6.07) is 14.2. The molecular weight excluding hydrogens is 378 g/mol. The number of amides is 2. The minimum absolute atomic E-state index is 0.0570. The quantitative estimate of drug-likeness (QED) is 0.811. The van der Waals surface area contributed by atoms with Gasteiger partial charge in [-0.15, -0.1) is 0 Å². The highest BCUT2D eigenvalue weighted by Crippen LogP contribution is 2.38. The monoisotopic (exact) mass is 407 g/mol. The fourth-order valence-corrected chi connectivity index (χ4v) is 4.39. The van der Waals surface area contributed by atoms with Crippen LogP contribution in [0.15, 0.2) is 42.5 Å². The predicted octanol–water partition coefficient (Wildman–Crippen LogP) is 4.49. The number of aryl methyl sites for hydroxylation is 2. The van der Waals surface area contributed by atoms with E-state index in [1.807, 2.05) is 36.1 Å². The molecule has 0 aromatic heterocycles. The van der Waals surface area contributed by atoms with Gasteiger partial charge in [0, 0.05) is 35.9 Å². The SMILES string of the molecule is CCOC(=O)N1CCC(N2C(=O)c3ccccc3C2Nc2ccc(C)c(C)c2)CC1. The Hall–Kier alpha value is -3.02. The van der Waals surface area contributed by atoms with E-state index in [-0.39, 0.29) is 24.2 Å². The smallest absolute Gasteiger partial charge is 0.409 e. The molecule has 30 heavy (non-hydrogen) atoms. The number of nitrogens with zero attached hydrogens (tertiary/aromatic N) is 2. The second-order valence-electron chi connectivity index (χ2n) is 8.06. The van der Waals surface area contributed by atoms with Gasteiger partial charge in [0.1, 0.15) is 6.17 Å². The van der Waals surface area contributed by atoms with Gasteiger partial charge in [-0.2, -0.15) is 0 Å². The van der Waals surface area contributed by atoms with E-state index in [0.29, 0.717) is 19.7 Å². The van der Waals surface area contributed by atoms with Gasteiger partial charge in [0.15, 0.2) is 0 Å². The Morgan fingerprint density at radius 3 is 2.53 bits per heavy atom. The number of carbonyl (C=O) groups excluding carboxylic acids is 2. The van der Waals surface area contributed by atoms with E-state index in [1.54, 1.807) is 4.90 Å². The zero-order chi connectivity index (χ0) is 21.3. The van der Waals surface area contributed by atoms with Crippen LogP contribution in [0.3, 0.4) is 0 Å². The number of hydrogen-bond acceptors (Lipinski definition) is 4. The molecule has 1 atom stereocenters. The fraction of sp³-hybridized carbons (Fsp3) is 0.417. The molecule has 1 N–H and O–H groups in total. The highest BCUT2D eigenvalue weighted by atomic mass is 16.6. The molecule has 0 bridgehead atoms. The molecule has 1 unspecified atom stereocenters. The molecule has 0 aliphatic carbocycles. The number of carbonyl (C=O) groups is 2. The van der Waals surface area contributed by atoms with Crippen molar-refractivity contribution in [2.45, 2.75) is 45.8 Å². The molecule has 2 aliphatic heterocycles. The Kier molecular flexibility index (Phi) is 5.66. The summed E-state index contributed by atoms with van der Waals surface area (Å²) in [6.07, 6.45) is 1.000. The van der Waals surface area contributed by atoms with Gasteiger partial charge in [-0.3, -0.25) is 4.79 Å². The highest BCUT2D eigenvalue weighted by molar-refractivity contribution is 5.99. The lowest BCUT2D eigenvalue weighted by Crippen LogP contribution is -2.49. The van der Waals surface area contributed by atoms with Gasteiger partial charge >= 0.3 is 6.09 Å². The van der Waals surface area contributed by atoms with Crippen molar-refractivity contribution in [1.82, 2.24) is 9.80 Å². The summed E-state index contributed by atoms with van der Waals surface area (Å²) in [4.78, 5) is 29.1. The van der Waals surface area contributed by atoms with Crippen molar-refractivity contribution in [3.05, 3.63) is 64.7 Å². The number of ether oxygens (including phenoxy) is 1. The van der Waals surface area contributed by atoms with Gasteiger partial charge in [0.05, 0.1) is 6.61 Å². The summed E-state index contributed by atoms with van der Waals surface area (Å²) in [5.74, 6) is 0.0570. The molecule has 2 aromatic rings. The Balaban J connectivity index is 1.57. The van der Waals surface area contributed by atoms with Crippen molar-refractivity contribution in [3.8, 4) is 0 Å². The zero-order valence-electron chi connectivity index (χ0n) is 17.9. The van der Waals surface area contributed by atoms with Crippen LogP contribution in [0.4, 0.5) is 10.5 Å². The van der Waals surface area contributed by atoms with Crippen LogP contribution in [0.1, 0.15) is 53.0 Å². The van der Waals surface area contributed by atoms with E-state index in [2.05, 4.69) is 37.4 Å². The molecule has 2 aromatic carbocycles. The zero-order valence-corrected chi connectivity index (χ0v) is 17.9. The van der Waals surface area contributed by atoms with Gasteiger partial charge in [-0.05, 0) is 62.9 Å². The van der Waals surface area contributed by atoms with Crippen molar-refractivity contribution in [2.75, 3.05) is 25.0 Å². The van der Waals surface area contributed by atoms with Crippen molar-refractivity contribution in [1.29, 1.82) is 0 Å². The highest BCUT2D eigenvalue weighted by Gasteiger charge is 2.42. The maximum absolute atomic E-state index is 13.3. The maximum atomic E-state index is 13.3. The summed E-state index contributed by atoms with van der Waals surface area (Å²) in [5.41, 5.74) is 5.22. The van der Waals surface area contributed by atoms with Gasteiger partial charge in [0.2, 0.25) is 0 Å². The molecule has 2 aliphatic rings. The molecule has 4 rings (SSSR count). The third-order valence-corrected chi connectivity index (χ3v) is 6.19. The van der Waals surface area contributed by atoms with E-state index in [0.717, 1.165) is 29.7 Å². The van der Waals surface area contributed by atoms with Gasteiger partial charge < -0.3 is 19.9 Å². The molecule has 1 saturated heterocycles. The minimum atomic E-state index is -0.267. The molecule has 0 radical (unpaired) electrons. The largest absolute Gasteiger partial charge is 0.450 e. The second-order valence-corrected chi connectivity index (χ2v) is 8.06. The van der Waals surface area contributed by atoms with Gasteiger partial charge in [-0.1, -0.05) is 24.3 Å². The van der Waals surface area contributed by atoms with Crippen LogP contribution in [0.2, 0.25) is 0 Å². The Morgan fingerprint density at radius 2 is 1.83 bits per heavy atom. The molecule has 6 heteroatoms. The maximum Gasteiger partial charge on any atom is 0.409 e. The van der Waals surface area contributed by atoms with Crippen LogP contribution in [0.5, 0.6) is 0 Å². The molecule has 1 fully saturated rings. The van der Waals surface area contributed by atoms with E-state index < -0.39 is 0 Å². The molecular formula is C24H29N3O3. The Labute approximate surface area is 177 Å². The van der Waals surface area contributed by atoms with E-state index in [9.17, 15) is 9.59 Å². The second kappa shape index (κ2) is 8.38. The first-order valence-corrected chi connectivity index (χ1v) is 10.7. The average molecular weight is 408 g/mol. The molecule has 0 saturated carbocycles. The number of anilines is 1. The number of hydrogen-bond donors (Lipinski definition) is 1. The molecule has 6 nitrogen and oxygen atoms in total. The first-order chi connectivity index (χ1) is 14.5. The summed E-state index contributed by atoms with van der Waals surface area (Å²) in [7, 11) is 0. The Bertz CT molecular complexity index is 950. The average Bonchev–Trinajstić information content (AvgIpc) is 3.03. The van der Waals surface area contributed by atoms with E-state index in [1.165, 1.54) is 11.1 Å². The number of likely N-dealkylation sites (tertiary alicyclic amines) is 1. The van der Waals surface area contributed by atoms with Crippen LogP contribution >= 0.6 is 0 Å². The normalized spacial score (nSPS) is 19.0. The van der Waals surface area contributed by atoms with Gasteiger partial charge in [-0.25, -0.2) is 4.79 Å². The van der Waals surface area contributed by atoms with Crippen LogP contribution < -0.4 is 5.32 Å². The van der Waals surface area contributed by atoms with Gasteiger partial charge in [0.25, 0.3) is 5.91 Å². The van der Waals surface area contributed by atoms with E-state index in [4.69, 9.17) is 4.74 Å². The number of fused-ring (bicyclic) bond motifs is 1. The van der Waals surface area contributed by atoms with Crippen LogP contribution in [0.25, 0.3) is 0 Å². The van der Waals surface area contributed by atoms with Crippen LogP contribution in [-0.2, 0) is 4.74 Å².